The fourth-order valence-corrected chi connectivity index (χ4v) is 5.09. The highest BCUT2D eigenvalue weighted by Gasteiger charge is 2.32. The van der Waals surface area contributed by atoms with Gasteiger partial charge in [0.2, 0.25) is 11.8 Å². The highest BCUT2D eigenvalue weighted by molar-refractivity contribution is 7.99. The van der Waals surface area contributed by atoms with Crippen molar-refractivity contribution in [1.82, 2.24) is 10.5 Å². The van der Waals surface area contributed by atoms with Crippen LogP contribution < -0.4 is 10.8 Å². The average molecular weight is 552 g/mol. The summed E-state index contributed by atoms with van der Waals surface area (Å²) >= 11 is 1.64. The van der Waals surface area contributed by atoms with Crippen LogP contribution in [0.1, 0.15) is 61.2 Å². The van der Waals surface area contributed by atoms with E-state index in [9.17, 15) is 14.7 Å². The topological polar surface area (TPSA) is 130 Å². The third kappa shape index (κ3) is 8.87. The third-order valence-corrected chi connectivity index (χ3v) is 7.39. The van der Waals surface area contributed by atoms with Crippen LogP contribution >= 0.6 is 11.8 Å². The van der Waals surface area contributed by atoms with E-state index in [2.05, 4.69) is 10.3 Å². The van der Waals surface area contributed by atoms with Crippen molar-refractivity contribution >= 4 is 29.3 Å². The number of benzene rings is 2. The van der Waals surface area contributed by atoms with Gasteiger partial charge >= 0.3 is 0 Å². The fourth-order valence-electron chi connectivity index (χ4n) is 4.21. The van der Waals surface area contributed by atoms with E-state index in [4.69, 9.17) is 14.7 Å². The van der Waals surface area contributed by atoms with Gasteiger partial charge in [-0.2, -0.15) is 0 Å². The molecule has 206 valence electrons. The van der Waals surface area contributed by atoms with Crippen LogP contribution in [0.5, 0.6) is 0 Å². The Kier molecular flexibility index (Phi) is 10.9. The quantitative estimate of drug-likeness (QED) is 0.108. The van der Waals surface area contributed by atoms with E-state index >= 15 is 0 Å². The molecule has 0 spiro atoms. The Morgan fingerprint density at radius 3 is 2.31 bits per heavy atom. The Labute approximate surface area is 231 Å². The number of nitrogens with zero attached hydrogens (tertiary/aromatic N) is 1. The lowest BCUT2D eigenvalue weighted by molar-refractivity contribution is -0.245. The number of nitrogens with one attached hydrogen (secondary N) is 2. The number of aliphatic hydroxyl groups excluding tert-OH is 1. The maximum Gasteiger partial charge on any atom is 0.243 e. The van der Waals surface area contributed by atoms with Crippen molar-refractivity contribution < 1.29 is 29.4 Å². The van der Waals surface area contributed by atoms with Crippen molar-refractivity contribution in [2.24, 2.45) is 0 Å². The van der Waals surface area contributed by atoms with Crippen molar-refractivity contribution in [3.05, 3.63) is 89.6 Å². The zero-order valence-corrected chi connectivity index (χ0v) is 22.3. The number of rotatable bonds is 12. The van der Waals surface area contributed by atoms with Gasteiger partial charge in [0.15, 0.2) is 6.29 Å². The van der Waals surface area contributed by atoms with E-state index in [0.29, 0.717) is 24.9 Å². The molecule has 1 fully saturated rings. The molecular weight excluding hydrogens is 518 g/mol. The monoisotopic (exact) mass is 551 g/mol. The van der Waals surface area contributed by atoms with Gasteiger partial charge in [-0.25, -0.2) is 10.5 Å². The van der Waals surface area contributed by atoms with E-state index in [0.717, 1.165) is 27.5 Å². The summed E-state index contributed by atoms with van der Waals surface area (Å²) in [6, 6.07) is 21.0. The lowest BCUT2D eigenvalue weighted by Gasteiger charge is -2.36. The number of anilines is 1. The summed E-state index contributed by atoms with van der Waals surface area (Å²) in [5.41, 5.74) is 4.95. The van der Waals surface area contributed by atoms with Crippen LogP contribution in [0.4, 0.5) is 5.69 Å². The molecule has 0 saturated carbocycles. The van der Waals surface area contributed by atoms with Crippen LogP contribution in [-0.4, -0.2) is 39.0 Å². The molecule has 2 amide bonds. The molecule has 0 aliphatic carbocycles. The lowest BCUT2D eigenvalue weighted by atomic mass is 10.0. The molecule has 1 aliphatic heterocycles. The third-order valence-electron chi connectivity index (χ3n) is 6.32. The lowest BCUT2D eigenvalue weighted by Crippen LogP contribution is -2.31. The summed E-state index contributed by atoms with van der Waals surface area (Å²) in [5.74, 6) is 0.117. The first kappa shape index (κ1) is 28.7. The SMILES string of the molecule is O=C(CCCCC(=O)Nc1ccc([C@H]2O[C@@H](CSc3ccccn3)C[C@@H](c3ccc(CO)cc3)O2)cc1)NO. The summed E-state index contributed by atoms with van der Waals surface area (Å²) in [6.45, 7) is -0.00929. The number of hydrogen-bond acceptors (Lipinski definition) is 8. The molecule has 4 N–H and O–H groups in total. The number of carbonyl (C=O) groups excluding carboxylic acids is 2. The first-order valence-corrected chi connectivity index (χ1v) is 13.9. The van der Waals surface area contributed by atoms with Crippen LogP contribution in [0.2, 0.25) is 0 Å². The molecule has 3 atom stereocenters. The van der Waals surface area contributed by atoms with Crippen molar-refractivity contribution in [3.8, 4) is 0 Å². The Bertz CT molecular complexity index is 1190. The predicted molar refractivity (Wildman–Crippen MR) is 147 cm³/mol. The Morgan fingerprint density at radius 1 is 0.923 bits per heavy atom. The number of hydrogen-bond donors (Lipinski definition) is 4. The smallest absolute Gasteiger partial charge is 0.243 e. The molecule has 0 radical (unpaired) electrons. The number of thioether (sulfide) groups is 1. The van der Waals surface area contributed by atoms with Crippen LogP contribution in [0, 0.1) is 0 Å². The molecule has 1 aromatic heterocycles. The van der Waals surface area contributed by atoms with Crippen molar-refractivity contribution in [2.45, 2.75) is 62.2 Å². The second kappa shape index (κ2) is 14.8. The minimum Gasteiger partial charge on any atom is -0.392 e. The largest absolute Gasteiger partial charge is 0.392 e. The molecule has 9 nitrogen and oxygen atoms in total. The van der Waals surface area contributed by atoms with Crippen molar-refractivity contribution in [3.63, 3.8) is 0 Å². The maximum atomic E-state index is 12.3. The molecule has 10 heteroatoms. The minimum absolute atomic E-state index is 0.00929. The van der Waals surface area contributed by atoms with Crippen molar-refractivity contribution in [1.29, 1.82) is 0 Å². The van der Waals surface area contributed by atoms with Crippen LogP contribution in [0.15, 0.2) is 78.0 Å². The van der Waals surface area contributed by atoms with Crippen molar-refractivity contribution in [2.75, 3.05) is 11.1 Å². The van der Waals surface area contributed by atoms with Gasteiger partial charge in [0.25, 0.3) is 0 Å². The summed E-state index contributed by atoms with van der Waals surface area (Å²) in [4.78, 5) is 27.7. The number of carbonyl (C=O) groups is 2. The summed E-state index contributed by atoms with van der Waals surface area (Å²) in [5, 5.41) is 21.7. The first-order valence-electron chi connectivity index (χ1n) is 12.9. The first-order chi connectivity index (χ1) is 19.0. The van der Waals surface area contributed by atoms with Gasteiger partial charge in [-0.3, -0.25) is 14.8 Å². The minimum atomic E-state index is -0.585. The Balaban J connectivity index is 1.39. The van der Waals surface area contributed by atoms with Crippen LogP contribution in [0.25, 0.3) is 0 Å². The number of aromatic nitrogens is 1. The Morgan fingerprint density at radius 2 is 1.64 bits per heavy atom. The second-order valence-corrected chi connectivity index (χ2v) is 10.3. The Hall–Kier alpha value is -3.28. The zero-order chi connectivity index (χ0) is 27.5. The van der Waals surface area contributed by atoms with Gasteiger partial charge < -0.3 is 19.9 Å². The number of pyridine rings is 1. The summed E-state index contributed by atoms with van der Waals surface area (Å²) in [6.07, 6.45) is 3.12. The molecular formula is C29H33N3O6S. The highest BCUT2D eigenvalue weighted by Crippen LogP contribution is 2.39. The molecule has 2 heterocycles. The average Bonchev–Trinajstić information content (AvgIpc) is 2.99. The molecule has 0 bridgehead atoms. The standard InChI is InChI=1S/C29H33N3O6S/c33-18-20-8-10-21(11-9-20)25-17-24(19-39-28-7-3-4-16-30-28)37-29(38-25)22-12-14-23(15-13-22)31-26(34)5-1-2-6-27(35)32-36/h3-4,7-16,24-25,29,33,36H,1-2,5-6,17-19H2,(H,31,34)(H,32,35)/t24-,25+,29+/m1/s1. The molecule has 0 unspecified atom stereocenters. The van der Waals surface area contributed by atoms with Crippen LogP contribution in [-0.2, 0) is 25.7 Å². The van der Waals surface area contributed by atoms with E-state index in [1.54, 1.807) is 23.4 Å². The van der Waals surface area contributed by atoms with Gasteiger partial charge in [0.1, 0.15) is 0 Å². The molecule has 1 saturated heterocycles. The van der Waals surface area contributed by atoms with Gasteiger partial charge in [0.05, 0.1) is 23.8 Å². The molecule has 39 heavy (non-hydrogen) atoms. The van der Waals surface area contributed by atoms with Gasteiger partial charge in [-0.1, -0.05) is 42.5 Å². The molecule has 2 aromatic carbocycles. The summed E-state index contributed by atoms with van der Waals surface area (Å²) in [7, 11) is 0. The molecule has 1 aliphatic rings. The van der Waals surface area contributed by atoms with E-state index in [1.807, 2.05) is 66.7 Å². The number of amides is 2. The normalized spacial score (nSPS) is 18.9. The number of hydroxylamine groups is 1. The van der Waals surface area contributed by atoms with Gasteiger partial charge in [-0.05, 0) is 48.2 Å². The van der Waals surface area contributed by atoms with Gasteiger partial charge in [-0.15, -0.1) is 11.8 Å². The second-order valence-electron chi connectivity index (χ2n) is 9.24. The van der Waals surface area contributed by atoms with Gasteiger partial charge in [0, 0.05) is 42.5 Å². The number of aliphatic hydroxyl groups is 1. The van der Waals surface area contributed by atoms with Crippen LogP contribution in [0.3, 0.4) is 0 Å². The number of ether oxygens (including phenoxy) is 2. The number of unbranched alkanes of at least 4 members (excludes halogenated alkanes) is 1. The highest BCUT2D eigenvalue weighted by atomic mass is 32.2. The zero-order valence-electron chi connectivity index (χ0n) is 21.5. The maximum absolute atomic E-state index is 12.3. The fraction of sp³-hybridized carbons (Fsp3) is 0.345. The van der Waals surface area contributed by atoms with E-state index in [1.165, 1.54) is 0 Å². The molecule has 3 aromatic rings. The summed E-state index contributed by atoms with van der Waals surface area (Å²) < 4.78 is 12.7. The van der Waals surface area contributed by atoms with E-state index in [-0.39, 0.29) is 37.6 Å². The predicted octanol–water partition coefficient (Wildman–Crippen LogP) is 4.92. The van der Waals surface area contributed by atoms with E-state index < -0.39 is 12.2 Å². The molecule has 4 rings (SSSR count).